The van der Waals surface area contributed by atoms with Gasteiger partial charge in [0.2, 0.25) is 10.0 Å². The Hall–Kier alpha value is -3.25. The molecule has 190 valence electrons. The molecule has 0 radical (unpaired) electrons. The molecule has 12 heteroatoms. The molecule has 10 nitrogen and oxygen atoms in total. The van der Waals surface area contributed by atoms with Gasteiger partial charge in [-0.25, -0.2) is 13.1 Å². The summed E-state index contributed by atoms with van der Waals surface area (Å²) in [6.07, 6.45) is 1.40. The molecular weight excluding hydrogens is 506 g/mol. The van der Waals surface area contributed by atoms with Crippen LogP contribution in [0.15, 0.2) is 58.6 Å². The molecule has 36 heavy (non-hydrogen) atoms. The summed E-state index contributed by atoms with van der Waals surface area (Å²) in [5, 5.41) is 11.3. The zero-order valence-corrected chi connectivity index (χ0v) is 21.4. The zero-order chi connectivity index (χ0) is 25.7. The fourth-order valence-electron chi connectivity index (χ4n) is 3.66. The van der Waals surface area contributed by atoms with Gasteiger partial charge in [0, 0.05) is 18.8 Å². The molecule has 4 rings (SSSR count). The molecule has 1 aliphatic rings. The first-order valence-corrected chi connectivity index (χ1v) is 13.0. The smallest absolute Gasteiger partial charge is 0.265 e. The Morgan fingerprint density at radius 3 is 2.64 bits per heavy atom. The molecule has 3 aromatic rings. The van der Waals surface area contributed by atoms with E-state index in [0.717, 1.165) is 5.69 Å². The number of hydrogen-bond donors (Lipinski definition) is 1. The van der Waals surface area contributed by atoms with Gasteiger partial charge in [-0.3, -0.25) is 4.79 Å². The normalized spacial score (nSPS) is 14.8. The fraction of sp³-hybridized carbons (Fsp3) is 0.292. The predicted octanol–water partition coefficient (Wildman–Crippen LogP) is 3.15. The number of benzene rings is 2. The number of carbonyl (C=O) groups excluding carboxylic acids is 1. The first kappa shape index (κ1) is 25.8. The number of ether oxygens (including phenoxy) is 1. The lowest BCUT2D eigenvalue weighted by Crippen LogP contribution is -2.40. The maximum Gasteiger partial charge on any atom is 0.265 e. The third-order valence-electron chi connectivity index (χ3n) is 5.56. The summed E-state index contributed by atoms with van der Waals surface area (Å²) in [7, 11) is -3.70. The van der Waals surface area contributed by atoms with Crippen molar-refractivity contribution in [2.24, 2.45) is 5.16 Å². The van der Waals surface area contributed by atoms with Gasteiger partial charge in [0.25, 0.3) is 5.91 Å². The van der Waals surface area contributed by atoms with E-state index in [1.807, 2.05) is 30.3 Å². The lowest BCUT2D eigenvalue weighted by atomic mass is 10.2. The second-order valence-electron chi connectivity index (χ2n) is 8.09. The van der Waals surface area contributed by atoms with Crippen molar-refractivity contribution in [2.45, 2.75) is 18.7 Å². The average Bonchev–Trinajstić information content (AvgIpc) is 3.17. The van der Waals surface area contributed by atoms with E-state index in [1.165, 1.54) is 16.6 Å². The van der Waals surface area contributed by atoms with Crippen LogP contribution in [0.1, 0.15) is 16.8 Å². The lowest BCUT2D eigenvalue weighted by molar-refractivity contribution is -0.120. The number of para-hydroxylation sites is 1. The van der Waals surface area contributed by atoms with Crippen LogP contribution in [0.3, 0.4) is 0 Å². The number of aryl methyl sites for hydroxylation is 2. The van der Waals surface area contributed by atoms with Crippen molar-refractivity contribution in [3.63, 3.8) is 0 Å². The number of aromatic nitrogens is 2. The predicted molar refractivity (Wildman–Crippen MR) is 136 cm³/mol. The molecule has 1 fully saturated rings. The Bertz CT molecular complexity index is 1370. The molecule has 0 atom stereocenters. The molecule has 1 saturated heterocycles. The number of sulfonamides is 1. The van der Waals surface area contributed by atoms with Gasteiger partial charge < -0.3 is 14.9 Å². The maximum atomic E-state index is 13.0. The van der Waals surface area contributed by atoms with Gasteiger partial charge in [0.05, 0.1) is 41.3 Å². The number of nitrogens with one attached hydrogen (secondary N) is 1. The highest BCUT2D eigenvalue weighted by atomic mass is 35.5. The molecule has 0 spiro atoms. The highest BCUT2D eigenvalue weighted by Gasteiger charge is 2.28. The van der Waals surface area contributed by atoms with Gasteiger partial charge in [-0.05, 0) is 43.7 Å². The summed E-state index contributed by atoms with van der Waals surface area (Å²) in [5.74, 6) is -0.492. The van der Waals surface area contributed by atoms with Gasteiger partial charge in [0.1, 0.15) is 5.15 Å². The molecule has 1 N–H and O–H groups in total. The Kier molecular flexibility index (Phi) is 8.04. The largest absolute Gasteiger partial charge is 0.386 e. The number of carbonyl (C=O) groups is 1. The number of anilines is 1. The van der Waals surface area contributed by atoms with Crippen molar-refractivity contribution in [3.05, 3.63) is 70.5 Å². The van der Waals surface area contributed by atoms with Crippen LogP contribution >= 0.6 is 11.6 Å². The second-order valence-corrected chi connectivity index (χ2v) is 10.4. The van der Waals surface area contributed by atoms with Crippen LogP contribution in [0.5, 0.6) is 0 Å². The molecule has 1 amide bonds. The molecule has 0 unspecified atom stereocenters. The number of nitrogens with zero attached hydrogens (tertiary/aromatic N) is 4. The molecular formula is C24H26ClN5O5S. The summed E-state index contributed by atoms with van der Waals surface area (Å²) < 4.78 is 34.3. The van der Waals surface area contributed by atoms with E-state index < -0.39 is 15.9 Å². The first-order valence-electron chi connectivity index (χ1n) is 11.2. The number of hydrogen-bond acceptors (Lipinski definition) is 7. The van der Waals surface area contributed by atoms with Gasteiger partial charge in [-0.2, -0.15) is 9.40 Å². The molecule has 0 saturated carbocycles. The minimum Gasteiger partial charge on any atom is -0.386 e. The summed E-state index contributed by atoms with van der Waals surface area (Å²) in [5.41, 5.74) is 2.95. The molecule has 2 aromatic carbocycles. The zero-order valence-electron chi connectivity index (χ0n) is 19.8. The SMILES string of the molecule is Cc1ccc(NC(=O)CON=Cc2c(C)nn(-c3ccccc3)c2Cl)cc1S(=O)(=O)N1CCOCC1. The molecule has 1 aliphatic heterocycles. The van der Waals surface area contributed by atoms with Crippen molar-refractivity contribution in [3.8, 4) is 5.69 Å². The minimum absolute atomic E-state index is 0.140. The Labute approximate surface area is 214 Å². The van der Waals surface area contributed by atoms with Crippen molar-refractivity contribution in [1.82, 2.24) is 14.1 Å². The van der Waals surface area contributed by atoms with Crippen molar-refractivity contribution in [1.29, 1.82) is 0 Å². The molecule has 0 aliphatic carbocycles. The first-order chi connectivity index (χ1) is 17.3. The third kappa shape index (κ3) is 5.76. The van der Waals surface area contributed by atoms with E-state index in [9.17, 15) is 13.2 Å². The summed E-state index contributed by atoms with van der Waals surface area (Å²) in [6, 6.07) is 14.1. The monoisotopic (exact) mass is 531 g/mol. The van der Waals surface area contributed by atoms with Crippen LogP contribution in [0.2, 0.25) is 5.15 Å². The van der Waals surface area contributed by atoms with Crippen LogP contribution < -0.4 is 5.32 Å². The van der Waals surface area contributed by atoms with E-state index in [4.69, 9.17) is 21.2 Å². The van der Waals surface area contributed by atoms with Crippen LogP contribution in [0.4, 0.5) is 5.69 Å². The fourth-order valence-corrected chi connectivity index (χ4v) is 5.64. The molecule has 1 aromatic heterocycles. The van der Waals surface area contributed by atoms with Gasteiger partial charge in [0.15, 0.2) is 6.61 Å². The number of amides is 1. The van der Waals surface area contributed by atoms with E-state index in [1.54, 1.807) is 30.7 Å². The summed E-state index contributed by atoms with van der Waals surface area (Å²) in [4.78, 5) is 17.6. The van der Waals surface area contributed by atoms with Crippen molar-refractivity contribution < 1.29 is 22.8 Å². The maximum absolute atomic E-state index is 13.0. The van der Waals surface area contributed by atoms with Gasteiger partial charge in [-0.15, -0.1) is 0 Å². The van der Waals surface area contributed by atoms with Crippen LogP contribution in [0, 0.1) is 13.8 Å². The number of oxime groups is 1. The Morgan fingerprint density at radius 2 is 1.92 bits per heavy atom. The topological polar surface area (TPSA) is 115 Å². The lowest BCUT2D eigenvalue weighted by Gasteiger charge is -2.26. The van der Waals surface area contributed by atoms with Crippen LogP contribution in [-0.4, -0.2) is 67.5 Å². The van der Waals surface area contributed by atoms with E-state index in [-0.39, 0.29) is 24.6 Å². The summed E-state index contributed by atoms with van der Waals surface area (Å²) in [6.45, 7) is 4.41. The standard InChI is InChI=1S/C24H26ClN5O5S/c1-17-8-9-19(14-22(17)36(32,33)29-10-12-34-13-11-29)27-23(31)16-35-26-15-21-18(2)28-30(24(21)25)20-6-4-3-5-7-20/h3-9,14-15H,10-13,16H2,1-2H3,(H,27,31). The van der Waals surface area contributed by atoms with Crippen molar-refractivity contribution in [2.75, 3.05) is 38.2 Å². The van der Waals surface area contributed by atoms with Gasteiger partial charge >= 0.3 is 0 Å². The minimum atomic E-state index is -3.70. The molecule has 0 bridgehead atoms. The van der Waals surface area contributed by atoms with Crippen molar-refractivity contribution >= 4 is 39.4 Å². The van der Waals surface area contributed by atoms with E-state index in [0.29, 0.717) is 40.9 Å². The van der Waals surface area contributed by atoms with Gasteiger partial charge in [-0.1, -0.05) is 41.0 Å². The second kappa shape index (κ2) is 11.2. The number of morpholine rings is 1. The number of halogens is 1. The summed E-state index contributed by atoms with van der Waals surface area (Å²) >= 11 is 6.45. The van der Waals surface area contributed by atoms with Crippen LogP contribution in [-0.2, 0) is 24.4 Å². The van der Waals surface area contributed by atoms with E-state index in [2.05, 4.69) is 15.6 Å². The highest BCUT2D eigenvalue weighted by Crippen LogP contribution is 2.25. The average molecular weight is 532 g/mol. The van der Waals surface area contributed by atoms with Crippen LogP contribution in [0.25, 0.3) is 5.69 Å². The Morgan fingerprint density at radius 1 is 1.19 bits per heavy atom. The van der Waals surface area contributed by atoms with E-state index >= 15 is 0 Å². The third-order valence-corrected chi connectivity index (χ3v) is 7.96. The Balaban J connectivity index is 1.38. The highest BCUT2D eigenvalue weighted by molar-refractivity contribution is 7.89. The molecule has 2 heterocycles. The quantitative estimate of drug-likeness (QED) is 0.353. The number of rotatable bonds is 8.